The molecule has 0 saturated heterocycles. The molecule has 2 heteroatoms. The van der Waals surface area contributed by atoms with Crippen LogP contribution in [0.2, 0.25) is 0 Å². The van der Waals surface area contributed by atoms with Crippen LogP contribution >= 0.6 is 0 Å². The maximum absolute atomic E-state index is 9.31. The van der Waals surface area contributed by atoms with Gasteiger partial charge in [-0.1, -0.05) is 133 Å². The molecule has 0 N–H and O–H groups in total. The minimum absolute atomic E-state index is 0.432. The van der Waals surface area contributed by atoms with Crippen LogP contribution in [0.15, 0.2) is 158 Å². The van der Waals surface area contributed by atoms with Gasteiger partial charge in [0.05, 0.1) is 11.0 Å². The molecule has 0 bridgehead atoms. The molecular formula is C41H26N2. The first kappa shape index (κ1) is 25.0. The molecule has 0 aliphatic heterocycles. The monoisotopic (exact) mass is 546 g/mol. The zero-order chi connectivity index (χ0) is 28.8. The Balaban J connectivity index is 1.37. The Morgan fingerprint density at radius 1 is 0.512 bits per heavy atom. The number of nitrogens with zero attached hydrogens (tertiary/aromatic N) is 2. The molecule has 6 aromatic carbocycles. The number of fused-ring (bicyclic) bond motifs is 5. The van der Waals surface area contributed by atoms with Gasteiger partial charge in [-0.3, -0.25) is 4.98 Å². The van der Waals surface area contributed by atoms with Crippen LogP contribution in [0.3, 0.4) is 0 Å². The van der Waals surface area contributed by atoms with E-state index in [1.807, 2.05) is 6.07 Å². The zero-order valence-electron chi connectivity index (χ0n) is 23.4. The average Bonchev–Trinajstić information content (AvgIpc) is 3.40. The Labute approximate surface area is 251 Å². The lowest BCUT2D eigenvalue weighted by Crippen LogP contribution is -2.28. The van der Waals surface area contributed by atoms with Crippen LogP contribution in [-0.2, 0) is 5.41 Å². The van der Waals surface area contributed by atoms with Crippen molar-refractivity contribution in [3.8, 4) is 39.4 Å². The first-order valence-corrected chi connectivity index (χ1v) is 14.5. The molecule has 0 unspecified atom stereocenters. The highest BCUT2D eigenvalue weighted by molar-refractivity contribution is 6.04. The van der Waals surface area contributed by atoms with Crippen LogP contribution in [0.25, 0.3) is 44.2 Å². The van der Waals surface area contributed by atoms with Crippen molar-refractivity contribution in [3.63, 3.8) is 0 Å². The fourth-order valence-electron chi connectivity index (χ4n) is 6.96. The van der Waals surface area contributed by atoms with E-state index in [-0.39, 0.29) is 0 Å². The Hall–Kier alpha value is -5.78. The molecule has 0 spiro atoms. The van der Waals surface area contributed by atoms with Crippen molar-refractivity contribution in [2.45, 2.75) is 5.41 Å². The number of rotatable bonds is 4. The minimum atomic E-state index is -0.432. The molecule has 200 valence electrons. The van der Waals surface area contributed by atoms with Crippen molar-refractivity contribution < 1.29 is 0 Å². The summed E-state index contributed by atoms with van der Waals surface area (Å²) in [6.45, 7) is 0. The molecule has 1 aliphatic rings. The van der Waals surface area contributed by atoms with E-state index in [1.165, 1.54) is 49.7 Å². The molecule has 8 rings (SSSR count). The minimum Gasteiger partial charge on any atom is -0.263 e. The van der Waals surface area contributed by atoms with Gasteiger partial charge >= 0.3 is 0 Å². The average molecular weight is 547 g/mol. The highest BCUT2D eigenvalue weighted by Gasteiger charge is 2.46. The van der Waals surface area contributed by atoms with E-state index < -0.39 is 5.41 Å². The maximum atomic E-state index is 9.31. The molecule has 0 radical (unpaired) electrons. The number of nitriles is 1. The SMILES string of the molecule is N#Cc1cncc(-c2ccc(-c3ccc4c(c3)-c3c(ccc5ccccc35)C4(c3ccccc3)c3ccccc3)cc2)c1. The Kier molecular flexibility index (Phi) is 5.77. The summed E-state index contributed by atoms with van der Waals surface area (Å²) < 4.78 is 0. The van der Waals surface area contributed by atoms with Crippen molar-refractivity contribution in [3.05, 3.63) is 186 Å². The lowest BCUT2D eigenvalue weighted by molar-refractivity contribution is 0.769. The van der Waals surface area contributed by atoms with Gasteiger partial charge in [0.1, 0.15) is 6.07 Å². The summed E-state index contributed by atoms with van der Waals surface area (Å²) in [7, 11) is 0. The van der Waals surface area contributed by atoms with Gasteiger partial charge < -0.3 is 0 Å². The lowest BCUT2D eigenvalue weighted by Gasteiger charge is -2.34. The smallest absolute Gasteiger partial charge is 0.101 e. The molecule has 7 aromatic rings. The molecule has 2 nitrogen and oxygen atoms in total. The number of pyridine rings is 1. The summed E-state index contributed by atoms with van der Waals surface area (Å²) in [5, 5.41) is 11.8. The summed E-state index contributed by atoms with van der Waals surface area (Å²) in [6.07, 6.45) is 3.40. The predicted octanol–water partition coefficient (Wildman–Crippen LogP) is 9.80. The van der Waals surface area contributed by atoms with Gasteiger partial charge in [-0.2, -0.15) is 5.26 Å². The van der Waals surface area contributed by atoms with Crippen LogP contribution < -0.4 is 0 Å². The van der Waals surface area contributed by atoms with Gasteiger partial charge in [-0.25, -0.2) is 0 Å². The zero-order valence-corrected chi connectivity index (χ0v) is 23.4. The molecule has 0 atom stereocenters. The van der Waals surface area contributed by atoms with E-state index in [2.05, 4.69) is 151 Å². The highest BCUT2D eigenvalue weighted by atomic mass is 14.6. The van der Waals surface area contributed by atoms with E-state index >= 15 is 0 Å². The van der Waals surface area contributed by atoms with Gasteiger partial charge in [0.25, 0.3) is 0 Å². The Bertz CT molecular complexity index is 2130. The normalized spacial score (nSPS) is 12.8. The number of hydrogen-bond donors (Lipinski definition) is 0. The van der Waals surface area contributed by atoms with Crippen molar-refractivity contribution in [1.82, 2.24) is 4.98 Å². The molecule has 1 aliphatic carbocycles. The quantitative estimate of drug-likeness (QED) is 0.220. The highest BCUT2D eigenvalue weighted by Crippen LogP contribution is 2.58. The summed E-state index contributed by atoms with van der Waals surface area (Å²) in [5.74, 6) is 0. The molecular weight excluding hydrogens is 520 g/mol. The third-order valence-electron chi connectivity index (χ3n) is 8.86. The number of benzene rings is 6. The molecule has 1 aromatic heterocycles. The summed E-state index contributed by atoms with van der Waals surface area (Å²) >= 11 is 0. The van der Waals surface area contributed by atoms with Crippen molar-refractivity contribution in [2.75, 3.05) is 0 Å². The van der Waals surface area contributed by atoms with Crippen LogP contribution in [0.4, 0.5) is 0 Å². The summed E-state index contributed by atoms with van der Waals surface area (Å²) in [4.78, 5) is 4.24. The van der Waals surface area contributed by atoms with Crippen molar-refractivity contribution >= 4 is 10.8 Å². The van der Waals surface area contributed by atoms with Gasteiger partial charge in [0.2, 0.25) is 0 Å². The van der Waals surface area contributed by atoms with Gasteiger partial charge in [-0.05, 0) is 73.0 Å². The second-order valence-corrected chi connectivity index (χ2v) is 11.1. The molecule has 1 heterocycles. The van der Waals surface area contributed by atoms with Crippen LogP contribution in [0.1, 0.15) is 27.8 Å². The molecule has 43 heavy (non-hydrogen) atoms. The fraction of sp³-hybridized carbons (Fsp3) is 0.0244. The Morgan fingerprint density at radius 2 is 1.12 bits per heavy atom. The number of aromatic nitrogens is 1. The summed E-state index contributed by atoms with van der Waals surface area (Å²) in [5.41, 5.74) is 12.2. The third kappa shape index (κ3) is 3.83. The van der Waals surface area contributed by atoms with Crippen molar-refractivity contribution in [2.24, 2.45) is 0 Å². The molecule has 0 fully saturated rings. The first-order chi connectivity index (χ1) is 21.3. The van der Waals surface area contributed by atoms with Crippen LogP contribution in [0.5, 0.6) is 0 Å². The Morgan fingerprint density at radius 3 is 1.81 bits per heavy atom. The second kappa shape index (κ2) is 9.94. The van der Waals surface area contributed by atoms with Gasteiger partial charge in [0, 0.05) is 18.0 Å². The van der Waals surface area contributed by atoms with E-state index in [4.69, 9.17) is 0 Å². The van der Waals surface area contributed by atoms with Crippen LogP contribution in [-0.4, -0.2) is 4.98 Å². The number of hydrogen-bond acceptors (Lipinski definition) is 2. The second-order valence-electron chi connectivity index (χ2n) is 11.1. The first-order valence-electron chi connectivity index (χ1n) is 14.5. The predicted molar refractivity (Wildman–Crippen MR) is 175 cm³/mol. The van der Waals surface area contributed by atoms with E-state index in [0.717, 1.165) is 16.7 Å². The standard InChI is InChI=1S/C41H26N2/c42-25-28-23-33(27-43-26-28)30-17-15-29(16-18-30)32-20-21-38-37(24-32)40-36-14-8-7-9-31(36)19-22-39(40)41(38,34-10-3-1-4-11-34)35-12-5-2-6-13-35/h1-24,26-27H. The van der Waals surface area contributed by atoms with Crippen LogP contribution in [0, 0.1) is 11.3 Å². The maximum Gasteiger partial charge on any atom is 0.101 e. The van der Waals surface area contributed by atoms with E-state index in [9.17, 15) is 5.26 Å². The van der Waals surface area contributed by atoms with Gasteiger partial charge in [-0.15, -0.1) is 0 Å². The molecule has 0 amide bonds. The molecule has 0 saturated carbocycles. The van der Waals surface area contributed by atoms with E-state index in [0.29, 0.717) is 5.56 Å². The third-order valence-corrected chi connectivity index (χ3v) is 8.86. The largest absolute Gasteiger partial charge is 0.263 e. The van der Waals surface area contributed by atoms with E-state index in [1.54, 1.807) is 12.4 Å². The van der Waals surface area contributed by atoms with Gasteiger partial charge in [0.15, 0.2) is 0 Å². The van der Waals surface area contributed by atoms with Crippen molar-refractivity contribution in [1.29, 1.82) is 5.26 Å². The summed E-state index contributed by atoms with van der Waals surface area (Å²) in [6, 6.07) is 54.8. The lowest BCUT2D eigenvalue weighted by atomic mass is 9.67. The topological polar surface area (TPSA) is 36.7 Å². The fourth-order valence-corrected chi connectivity index (χ4v) is 6.96.